The number of hydrogen-bond acceptors (Lipinski definition) is 15. The fourth-order valence-electron chi connectivity index (χ4n) is 10.4. The predicted molar refractivity (Wildman–Crippen MR) is 358 cm³/mol. The van der Waals surface area contributed by atoms with Crippen molar-refractivity contribution in [2.45, 2.75) is 363 Å². The smallest absolute Gasteiger partial charge is 0.462 e. The van der Waals surface area contributed by atoms with Crippen LogP contribution in [0, 0.1) is 23.7 Å². The van der Waals surface area contributed by atoms with Gasteiger partial charge in [0.25, 0.3) is 0 Å². The lowest BCUT2D eigenvalue weighted by Gasteiger charge is -2.21. The Morgan fingerprint density at radius 1 is 0.315 bits per heavy atom. The summed E-state index contributed by atoms with van der Waals surface area (Å²) in [6.07, 6.45) is 41.6. The highest BCUT2D eigenvalue weighted by atomic mass is 31.2. The molecule has 4 unspecified atom stereocenters. The molecule has 0 radical (unpaired) electrons. The lowest BCUT2D eigenvalue weighted by Crippen LogP contribution is -2.30. The van der Waals surface area contributed by atoms with E-state index in [9.17, 15) is 43.2 Å². The molecule has 3 N–H and O–H groups in total. The summed E-state index contributed by atoms with van der Waals surface area (Å²) in [5, 5.41) is 10.6. The van der Waals surface area contributed by atoms with E-state index in [0.717, 1.165) is 120 Å². The SMILES string of the molecule is CCC(C)CCCCCCCCCCCCC(=O)O[C@H](COC(=O)CCCCCCCCC(C)CC)COP(=O)(O)OC[C@H](O)COP(=O)(O)OC[C@@H](COC(=O)CCCCCCCCCCCC(C)C)OC(=O)CCCCCCCCCCCCC(C)C. The molecule has 0 saturated carbocycles. The number of phosphoric ester groups is 2. The largest absolute Gasteiger partial charge is 0.472 e. The van der Waals surface area contributed by atoms with Gasteiger partial charge in [-0.1, -0.05) is 293 Å². The molecule has 528 valence electrons. The van der Waals surface area contributed by atoms with Crippen LogP contribution in [0.1, 0.15) is 344 Å². The number of aliphatic hydroxyl groups excluding tert-OH is 1. The van der Waals surface area contributed by atoms with E-state index in [1.54, 1.807) is 0 Å². The van der Waals surface area contributed by atoms with Crippen molar-refractivity contribution in [3.63, 3.8) is 0 Å². The van der Waals surface area contributed by atoms with Gasteiger partial charge in [-0.25, -0.2) is 9.13 Å². The number of unbranched alkanes of at least 4 members (excludes halogenated alkanes) is 31. The number of carbonyl (C=O) groups excluding carboxylic acids is 4. The van der Waals surface area contributed by atoms with Gasteiger partial charge in [0.15, 0.2) is 12.2 Å². The number of esters is 4. The number of carbonyl (C=O) groups is 4. The van der Waals surface area contributed by atoms with Crippen molar-refractivity contribution >= 4 is 39.5 Å². The molecule has 0 bridgehead atoms. The molecule has 0 heterocycles. The first-order valence-corrected chi connectivity index (χ1v) is 39.3. The minimum Gasteiger partial charge on any atom is -0.462 e. The second kappa shape index (κ2) is 59.8. The third kappa shape index (κ3) is 62.0. The molecular weight excluding hydrogens is 1170 g/mol. The summed E-state index contributed by atoms with van der Waals surface area (Å²) >= 11 is 0. The Balaban J connectivity index is 5.27. The minimum absolute atomic E-state index is 0.105. The van der Waals surface area contributed by atoms with Gasteiger partial charge in [0, 0.05) is 25.7 Å². The molecule has 0 aromatic heterocycles. The van der Waals surface area contributed by atoms with Crippen LogP contribution in [0.3, 0.4) is 0 Å². The van der Waals surface area contributed by atoms with E-state index >= 15 is 0 Å². The molecule has 17 nitrogen and oxygen atoms in total. The molecule has 0 fully saturated rings. The average molecular weight is 1310 g/mol. The summed E-state index contributed by atoms with van der Waals surface area (Å²) in [4.78, 5) is 72.6. The van der Waals surface area contributed by atoms with E-state index < -0.39 is 97.5 Å². The van der Waals surface area contributed by atoms with Crippen LogP contribution in [-0.2, 0) is 65.4 Å². The number of aliphatic hydroxyl groups is 1. The molecule has 0 aromatic carbocycles. The van der Waals surface area contributed by atoms with Gasteiger partial charge in [-0.3, -0.25) is 37.3 Å². The van der Waals surface area contributed by atoms with Gasteiger partial charge in [-0.2, -0.15) is 0 Å². The molecule has 0 aliphatic heterocycles. The average Bonchev–Trinajstić information content (AvgIpc) is 3.49. The van der Waals surface area contributed by atoms with Crippen molar-refractivity contribution in [3.05, 3.63) is 0 Å². The quantitative estimate of drug-likeness (QED) is 0.0222. The zero-order chi connectivity index (χ0) is 66.1. The maximum absolute atomic E-state index is 13.0. The summed E-state index contributed by atoms with van der Waals surface area (Å²) in [5.41, 5.74) is 0. The molecule has 0 aromatic rings. The van der Waals surface area contributed by atoms with Crippen LogP contribution in [0.5, 0.6) is 0 Å². The van der Waals surface area contributed by atoms with E-state index in [1.807, 2.05) is 0 Å². The normalized spacial score (nSPS) is 14.9. The molecule has 89 heavy (non-hydrogen) atoms. The Labute approximate surface area is 543 Å². The van der Waals surface area contributed by atoms with Crippen LogP contribution in [0.4, 0.5) is 0 Å². The maximum atomic E-state index is 13.0. The van der Waals surface area contributed by atoms with Crippen LogP contribution in [0.25, 0.3) is 0 Å². The van der Waals surface area contributed by atoms with Gasteiger partial charge >= 0.3 is 39.5 Å². The van der Waals surface area contributed by atoms with E-state index in [0.29, 0.717) is 25.7 Å². The number of phosphoric acid groups is 2. The fraction of sp³-hybridized carbons (Fsp3) is 0.943. The third-order valence-electron chi connectivity index (χ3n) is 16.8. The second-order valence-electron chi connectivity index (χ2n) is 26.7. The molecule has 19 heteroatoms. The first kappa shape index (κ1) is 87.1. The summed E-state index contributed by atoms with van der Waals surface area (Å²) in [7, 11) is -9.90. The number of ether oxygens (including phenoxy) is 4. The van der Waals surface area contributed by atoms with Crippen molar-refractivity contribution < 1.29 is 80.2 Å². The molecule has 7 atom stereocenters. The number of hydrogen-bond donors (Lipinski definition) is 3. The van der Waals surface area contributed by atoms with E-state index in [-0.39, 0.29) is 25.7 Å². The van der Waals surface area contributed by atoms with Crippen LogP contribution in [0.2, 0.25) is 0 Å². The van der Waals surface area contributed by atoms with Gasteiger partial charge < -0.3 is 33.8 Å². The Bertz CT molecular complexity index is 1770. The highest BCUT2D eigenvalue weighted by molar-refractivity contribution is 7.47. The van der Waals surface area contributed by atoms with Crippen molar-refractivity contribution in [3.8, 4) is 0 Å². The lowest BCUT2D eigenvalue weighted by atomic mass is 9.99. The highest BCUT2D eigenvalue weighted by Gasteiger charge is 2.30. The minimum atomic E-state index is -4.95. The van der Waals surface area contributed by atoms with Gasteiger partial charge in [-0.05, 0) is 49.4 Å². The molecule has 0 aliphatic rings. The molecule has 0 saturated heterocycles. The zero-order valence-corrected chi connectivity index (χ0v) is 59.8. The summed E-state index contributed by atoms with van der Waals surface area (Å²) in [5.74, 6) is 0.899. The van der Waals surface area contributed by atoms with Gasteiger partial charge in [0.1, 0.15) is 19.3 Å². The third-order valence-corrected chi connectivity index (χ3v) is 18.7. The standard InChI is InChI=1S/C70H136O17P2/c1-9-62(7)48-40-32-24-18-12-14-20-27-37-45-53-70(75)87-66(57-81-68(73)51-43-35-29-28-33-41-49-63(8)10-2)59-85-89(78,79)83-55-64(71)54-82-88(76,77)84-58-65(56-80-67(72)50-42-34-25-21-15-17-23-31-39-47-61(5)6)86-69(74)52-44-36-26-19-13-11-16-22-30-38-46-60(3)4/h60-66,71H,9-59H2,1-8H3,(H,76,77)(H,78,79)/t62?,63?,64-,65-,66-/m1/s1. The molecule has 0 amide bonds. The van der Waals surface area contributed by atoms with Crippen LogP contribution >= 0.6 is 15.6 Å². The van der Waals surface area contributed by atoms with Gasteiger partial charge in [-0.15, -0.1) is 0 Å². The Kier molecular flexibility index (Phi) is 58.5. The maximum Gasteiger partial charge on any atom is 0.472 e. The van der Waals surface area contributed by atoms with Crippen molar-refractivity contribution in [2.75, 3.05) is 39.6 Å². The highest BCUT2D eigenvalue weighted by Crippen LogP contribution is 2.45. The van der Waals surface area contributed by atoms with E-state index in [1.165, 1.54) is 141 Å². The zero-order valence-electron chi connectivity index (χ0n) is 58.1. The monoisotopic (exact) mass is 1310 g/mol. The summed E-state index contributed by atoms with van der Waals surface area (Å²) in [6.45, 7) is 14.1. The lowest BCUT2D eigenvalue weighted by molar-refractivity contribution is -0.161. The Morgan fingerprint density at radius 3 is 0.798 bits per heavy atom. The number of rotatable bonds is 67. The van der Waals surface area contributed by atoms with E-state index in [4.69, 9.17) is 37.0 Å². The predicted octanol–water partition coefficient (Wildman–Crippen LogP) is 19.7. The molecule has 0 aliphatic carbocycles. The van der Waals surface area contributed by atoms with Crippen molar-refractivity contribution in [2.24, 2.45) is 23.7 Å². The first-order valence-electron chi connectivity index (χ1n) is 36.3. The Hall–Kier alpha value is -1.94. The Morgan fingerprint density at radius 2 is 0.539 bits per heavy atom. The molecule has 0 spiro atoms. The van der Waals surface area contributed by atoms with Gasteiger partial charge in [0.05, 0.1) is 26.4 Å². The second-order valence-corrected chi connectivity index (χ2v) is 29.6. The van der Waals surface area contributed by atoms with Crippen LogP contribution < -0.4 is 0 Å². The molecular formula is C70H136O17P2. The summed E-state index contributed by atoms with van der Waals surface area (Å²) in [6, 6.07) is 0. The van der Waals surface area contributed by atoms with Crippen molar-refractivity contribution in [1.29, 1.82) is 0 Å². The van der Waals surface area contributed by atoms with Crippen LogP contribution in [-0.4, -0.2) is 96.7 Å². The summed E-state index contributed by atoms with van der Waals surface area (Å²) < 4.78 is 68.3. The fourth-order valence-corrected chi connectivity index (χ4v) is 12.0. The van der Waals surface area contributed by atoms with E-state index in [2.05, 4.69) is 55.4 Å². The van der Waals surface area contributed by atoms with Crippen LogP contribution in [0.15, 0.2) is 0 Å². The molecule has 0 rings (SSSR count). The first-order chi connectivity index (χ1) is 42.7. The van der Waals surface area contributed by atoms with Gasteiger partial charge in [0.2, 0.25) is 0 Å². The topological polar surface area (TPSA) is 237 Å². The van der Waals surface area contributed by atoms with Crippen molar-refractivity contribution in [1.82, 2.24) is 0 Å².